The molecule has 3 aromatic rings. The number of anilines is 1. The first-order chi connectivity index (χ1) is 11.5. The van der Waals surface area contributed by atoms with Crippen LogP contribution in [-0.2, 0) is 9.53 Å². The molecule has 2 heterocycles. The molecule has 2 aromatic heterocycles. The van der Waals surface area contributed by atoms with E-state index in [2.05, 4.69) is 20.5 Å². The molecule has 122 valence electrons. The summed E-state index contributed by atoms with van der Waals surface area (Å²) in [7, 11) is 0. The normalized spacial score (nSPS) is 10.5. The van der Waals surface area contributed by atoms with E-state index in [9.17, 15) is 19.7 Å². The molecule has 0 atom stereocenters. The van der Waals surface area contributed by atoms with Gasteiger partial charge in [0.25, 0.3) is 5.91 Å². The average Bonchev–Trinajstić information content (AvgIpc) is 3.19. The topological polar surface area (TPSA) is 140 Å². The van der Waals surface area contributed by atoms with Crippen molar-refractivity contribution in [1.82, 2.24) is 15.2 Å². The lowest BCUT2D eigenvalue weighted by Gasteiger charge is -2.03. The fraction of sp³-hybridized carbons (Fsp3) is 0.0769. The van der Waals surface area contributed by atoms with Gasteiger partial charge in [0.1, 0.15) is 6.20 Å². The lowest BCUT2D eigenvalue weighted by atomic mass is 10.2. The molecule has 0 saturated heterocycles. The second-order valence-corrected chi connectivity index (χ2v) is 5.51. The minimum Gasteiger partial charge on any atom is -0.451 e. The lowest BCUT2D eigenvalue weighted by Crippen LogP contribution is -2.21. The zero-order valence-electron chi connectivity index (χ0n) is 11.9. The number of aromatic nitrogens is 3. The van der Waals surface area contributed by atoms with Gasteiger partial charge in [0.05, 0.1) is 10.4 Å². The van der Waals surface area contributed by atoms with E-state index in [-0.39, 0.29) is 15.8 Å². The number of para-hydroxylation sites is 1. The second kappa shape index (κ2) is 6.42. The van der Waals surface area contributed by atoms with Crippen molar-refractivity contribution in [1.29, 1.82) is 0 Å². The van der Waals surface area contributed by atoms with Crippen molar-refractivity contribution in [2.75, 3.05) is 11.9 Å². The van der Waals surface area contributed by atoms with E-state index in [0.29, 0.717) is 22.2 Å². The highest BCUT2D eigenvalue weighted by Gasteiger charge is 2.18. The van der Waals surface area contributed by atoms with Gasteiger partial charge in [0.15, 0.2) is 17.4 Å². The molecule has 0 aliphatic rings. The number of fused-ring (bicyclic) bond motifs is 1. The van der Waals surface area contributed by atoms with Gasteiger partial charge in [-0.25, -0.2) is 9.78 Å². The SMILES string of the molecule is O=C(COC(=O)c1n[nH]c2ccccc12)Nc1ncc([N+](=O)[O-])s1. The predicted octanol–water partition coefficient (Wildman–Crippen LogP) is 1.72. The monoisotopic (exact) mass is 347 g/mol. The number of amides is 1. The minimum absolute atomic E-state index is 0.0490. The number of hydrogen-bond acceptors (Lipinski definition) is 8. The third kappa shape index (κ3) is 3.20. The molecule has 24 heavy (non-hydrogen) atoms. The van der Waals surface area contributed by atoms with Crippen LogP contribution in [0.3, 0.4) is 0 Å². The van der Waals surface area contributed by atoms with Crippen molar-refractivity contribution < 1.29 is 19.2 Å². The van der Waals surface area contributed by atoms with Crippen molar-refractivity contribution in [2.45, 2.75) is 0 Å². The van der Waals surface area contributed by atoms with E-state index in [1.807, 2.05) is 0 Å². The van der Waals surface area contributed by atoms with Gasteiger partial charge >= 0.3 is 11.0 Å². The van der Waals surface area contributed by atoms with Gasteiger partial charge in [0.2, 0.25) is 0 Å². The molecule has 0 unspecified atom stereocenters. The van der Waals surface area contributed by atoms with E-state index >= 15 is 0 Å². The number of nitro groups is 1. The van der Waals surface area contributed by atoms with Crippen molar-refractivity contribution in [3.8, 4) is 0 Å². The number of aromatic amines is 1. The summed E-state index contributed by atoms with van der Waals surface area (Å²) in [5.74, 6) is -1.42. The third-order valence-corrected chi connectivity index (χ3v) is 3.78. The molecule has 0 radical (unpaired) electrons. The largest absolute Gasteiger partial charge is 0.451 e. The van der Waals surface area contributed by atoms with Crippen LogP contribution in [0.15, 0.2) is 30.5 Å². The lowest BCUT2D eigenvalue weighted by molar-refractivity contribution is -0.380. The molecule has 0 saturated carbocycles. The first-order valence-corrected chi connectivity index (χ1v) is 7.36. The van der Waals surface area contributed by atoms with E-state index in [4.69, 9.17) is 4.74 Å². The summed E-state index contributed by atoms with van der Waals surface area (Å²) in [6, 6.07) is 6.98. The van der Waals surface area contributed by atoms with Crippen LogP contribution < -0.4 is 5.32 Å². The fourth-order valence-corrected chi connectivity index (χ4v) is 2.53. The number of nitrogens with one attached hydrogen (secondary N) is 2. The Bertz CT molecular complexity index is 934. The molecule has 0 bridgehead atoms. The second-order valence-electron chi connectivity index (χ2n) is 4.50. The van der Waals surface area contributed by atoms with Crippen molar-refractivity contribution in [3.63, 3.8) is 0 Å². The van der Waals surface area contributed by atoms with Gasteiger partial charge < -0.3 is 4.74 Å². The highest BCUT2D eigenvalue weighted by molar-refractivity contribution is 7.18. The number of ether oxygens (including phenoxy) is 1. The Morgan fingerprint density at radius 3 is 2.92 bits per heavy atom. The number of benzene rings is 1. The average molecular weight is 347 g/mol. The highest BCUT2D eigenvalue weighted by Crippen LogP contribution is 2.24. The molecule has 1 aromatic carbocycles. The van der Waals surface area contributed by atoms with Gasteiger partial charge in [-0.3, -0.25) is 25.3 Å². The van der Waals surface area contributed by atoms with Crippen LogP contribution in [0.4, 0.5) is 10.1 Å². The van der Waals surface area contributed by atoms with Crippen LogP contribution >= 0.6 is 11.3 Å². The number of esters is 1. The van der Waals surface area contributed by atoms with E-state index in [1.165, 1.54) is 0 Å². The molecular formula is C13H9N5O5S. The zero-order chi connectivity index (χ0) is 17.1. The molecule has 2 N–H and O–H groups in total. The molecular weight excluding hydrogens is 338 g/mol. The maximum atomic E-state index is 12.0. The molecule has 0 aliphatic heterocycles. The predicted molar refractivity (Wildman–Crippen MR) is 83.8 cm³/mol. The van der Waals surface area contributed by atoms with E-state index < -0.39 is 23.4 Å². The first-order valence-electron chi connectivity index (χ1n) is 6.55. The number of nitrogens with zero attached hydrogens (tertiary/aromatic N) is 3. The maximum absolute atomic E-state index is 12.0. The Balaban J connectivity index is 1.59. The van der Waals surface area contributed by atoms with Gasteiger partial charge in [-0.05, 0) is 17.4 Å². The first kappa shape index (κ1) is 15.6. The van der Waals surface area contributed by atoms with E-state index in [0.717, 1.165) is 6.20 Å². The molecule has 1 amide bonds. The summed E-state index contributed by atoms with van der Waals surface area (Å²) in [6.45, 7) is -0.562. The van der Waals surface area contributed by atoms with Crippen molar-refractivity contribution in [3.05, 3.63) is 46.3 Å². The number of carbonyl (C=O) groups excluding carboxylic acids is 2. The van der Waals surface area contributed by atoms with Crippen LogP contribution in [0.2, 0.25) is 0 Å². The number of hydrogen-bond donors (Lipinski definition) is 2. The summed E-state index contributed by atoms with van der Waals surface area (Å²) in [6.07, 6.45) is 1.03. The summed E-state index contributed by atoms with van der Waals surface area (Å²) in [5, 5.41) is 19.8. The molecule has 11 heteroatoms. The zero-order valence-corrected chi connectivity index (χ0v) is 12.7. The van der Waals surface area contributed by atoms with Gasteiger partial charge in [-0.2, -0.15) is 5.10 Å². The Hall–Kier alpha value is -3.34. The van der Waals surface area contributed by atoms with Crippen LogP contribution in [0.5, 0.6) is 0 Å². The smallest absolute Gasteiger partial charge is 0.359 e. The maximum Gasteiger partial charge on any atom is 0.359 e. The Kier molecular flexibility index (Phi) is 4.16. The van der Waals surface area contributed by atoms with Gasteiger partial charge in [-0.1, -0.05) is 18.2 Å². The fourth-order valence-electron chi connectivity index (χ4n) is 1.88. The molecule has 0 spiro atoms. The Morgan fingerprint density at radius 2 is 2.17 bits per heavy atom. The molecule has 3 rings (SSSR count). The minimum atomic E-state index is -0.757. The molecule has 10 nitrogen and oxygen atoms in total. The summed E-state index contributed by atoms with van der Waals surface area (Å²) < 4.78 is 4.89. The summed E-state index contributed by atoms with van der Waals surface area (Å²) in [4.78, 5) is 37.3. The highest BCUT2D eigenvalue weighted by atomic mass is 32.1. The van der Waals surface area contributed by atoms with Crippen LogP contribution in [0, 0.1) is 10.1 Å². The number of thiazole rings is 1. The summed E-state index contributed by atoms with van der Waals surface area (Å²) >= 11 is 0.703. The molecule has 0 fully saturated rings. The third-order valence-electron chi connectivity index (χ3n) is 2.92. The Morgan fingerprint density at radius 1 is 1.38 bits per heavy atom. The Labute approximate surface area is 137 Å². The number of carbonyl (C=O) groups is 2. The van der Waals surface area contributed by atoms with Gasteiger partial charge in [0, 0.05) is 5.39 Å². The standard InChI is InChI=1S/C13H9N5O5S/c19-9(15-13-14-5-10(24-13)18(21)22)6-23-12(20)11-7-3-1-2-4-8(7)16-17-11/h1-5H,6H2,(H,16,17)(H,14,15,19). The van der Waals surface area contributed by atoms with Crippen molar-refractivity contribution >= 4 is 44.2 Å². The van der Waals surface area contributed by atoms with Crippen LogP contribution in [0.1, 0.15) is 10.5 Å². The number of rotatable bonds is 5. The quantitative estimate of drug-likeness (QED) is 0.407. The summed E-state index contributed by atoms with van der Waals surface area (Å²) in [5.41, 5.74) is 0.743. The van der Waals surface area contributed by atoms with Crippen LogP contribution in [0.25, 0.3) is 10.9 Å². The number of H-pyrrole nitrogens is 1. The van der Waals surface area contributed by atoms with E-state index in [1.54, 1.807) is 24.3 Å². The van der Waals surface area contributed by atoms with Gasteiger partial charge in [-0.15, -0.1) is 0 Å². The van der Waals surface area contributed by atoms with Crippen molar-refractivity contribution in [2.24, 2.45) is 0 Å². The van der Waals surface area contributed by atoms with Crippen LogP contribution in [-0.4, -0.2) is 38.6 Å². The molecule has 0 aliphatic carbocycles.